The van der Waals surface area contributed by atoms with E-state index in [9.17, 15) is 4.79 Å². The number of ether oxygens (including phenoxy) is 1. The minimum absolute atomic E-state index is 0.0307. The minimum atomic E-state index is -0.0307. The molecule has 1 saturated heterocycles. The molecule has 124 valence electrons. The van der Waals surface area contributed by atoms with Gasteiger partial charge in [-0.15, -0.1) is 0 Å². The summed E-state index contributed by atoms with van der Waals surface area (Å²) in [4.78, 5) is 25.7. The number of carbonyl (C=O) groups is 1. The molecule has 3 aromatic rings. The second-order valence-corrected chi connectivity index (χ2v) is 6.04. The number of imidazole rings is 1. The average molecular weight is 325 g/mol. The number of nitrogens with zero attached hydrogens (tertiary/aromatic N) is 4. The van der Waals surface area contributed by atoms with Gasteiger partial charge in [0, 0.05) is 37.6 Å². The largest absolute Gasteiger partial charge is 0.379 e. The lowest BCUT2D eigenvalue weighted by molar-refractivity contribution is 0.0732. The van der Waals surface area contributed by atoms with Gasteiger partial charge in [0.1, 0.15) is 5.69 Å². The Morgan fingerprint density at radius 1 is 1.42 bits per heavy atom. The molecular weight excluding hydrogens is 306 g/mol. The predicted molar refractivity (Wildman–Crippen MR) is 87.7 cm³/mol. The van der Waals surface area contributed by atoms with Crippen LogP contribution in [-0.4, -0.2) is 56.5 Å². The number of nitrogens with one attached hydrogen (secondary N) is 1. The number of carbonyl (C=O) groups excluding carboxylic acids is 1. The van der Waals surface area contributed by atoms with Crippen LogP contribution in [0.1, 0.15) is 16.2 Å². The number of amides is 1. The van der Waals surface area contributed by atoms with Gasteiger partial charge in [0.25, 0.3) is 5.91 Å². The molecule has 1 fully saturated rings. The summed E-state index contributed by atoms with van der Waals surface area (Å²) in [6.45, 7) is 2.44. The van der Waals surface area contributed by atoms with E-state index >= 15 is 0 Å². The van der Waals surface area contributed by atoms with Crippen LogP contribution in [0, 0.1) is 5.92 Å². The van der Waals surface area contributed by atoms with E-state index in [2.05, 4.69) is 25.4 Å². The molecule has 4 rings (SSSR count). The molecule has 0 aromatic carbocycles. The van der Waals surface area contributed by atoms with Gasteiger partial charge in [-0.05, 0) is 18.6 Å². The monoisotopic (exact) mass is 325 g/mol. The molecule has 1 aliphatic heterocycles. The van der Waals surface area contributed by atoms with Crippen molar-refractivity contribution in [3.63, 3.8) is 0 Å². The SMILES string of the molecule is O=C(c1cnc[nH]1)N1CCOC[C@H](Cc2nccn3cccc23)C1. The Kier molecular flexibility index (Phi) is 4.00. The van der Waals surface area contributed by atoms with Gasteiger partial charge < -0.3 is 19.0 Å². The molecule has 1 amide bonds. The fourth-order valence-electron chi connectivity index (χ4n) is 3.19. The van der Waals surface area contributed by atoms with Crippen molar-refractivity contribution in [3.05, 3.63) is 54.6 Å². The molecule has 0 unspecified atom stereocenters. The van der Waals surface area contributed by atoms with Crippen molar-refractivity contribution in [3.8, 4) is 0 Å². The van der Waals surface area contributed by atoms with E-state index < -0.39 is 0 Å². The van der Waals surface area contributed by atoms with Crippen LogP contribution in [0.25, 0.3) is 5.52 Å². The van der Waals surface area contributed by atoms with E-state index in [0.717, 1.165) is 17.6 Å². The minimum Gasteiger partial charge on any atom is -0.379 e. The van der Waals surface area contributed by atoms with Crippen LogP contribution < -0.4 is 0 Å². The molecule has 0 saturated carbocycles. The lowest BCUT2D eigenvalue weighted by atomic mass is 10.0. The Bertz CT molecular complexity index is 827. The number of hydrogen-bond acceptors (Lipinski definition) is 4. The third-order valence-electron chi connectivity index (χ3n) is 4.37. The van der Waals surface area contributed by atoms with Gasteiger partial charge in [0.15, 0.2) is 0 Å². The maximum atomic E-state index is 12.6. The highest BCUT2D eigenvalue weighted by atomic mass is 16.5. The molecule has 3 aromatic heterocycles. The summed E-state index contributed by atoms with van der Waals surface area (Å²) in [6, 6.07) is 4.07. The quantitative estimate of drug-likeness (QED) is 0.789. The molecule has 7 nitrogen and oxygen atoms in total. The molecule has 0 spiro atoms. The molecular formula is C17H19N5O2. The zero-order valence-electron chi connectivity index (χ0n) is 13.3. The van der Waals surface area contributed by atoms with Crippen LogP contribution in [0.2, 0.25) is 0 Å². The first-order chi connectivity index (χ1) is 11.8. The van der Waals surface area contributed by atoms with Crippen LogP contribution in [0.5, 0.6) is 0 Å². The number of hydrogen-bond donors (Lipinski definition) is 1. The van der Waals surface area contributed by atoms with E-state index in [1.165, 1.54) is 6.33 Å². The van der Waals surface area contributed by atoms with Crippen LogP contribution in [0.15, 0.2) is 43.2 Å². The number of aromatic nitrogens is 4. The van der Waals surface area contributed by atoms with Crippen molar-refractivity contribution in [2.75, 3.05) is 26.3 Å². The first kappa shape index (κ1) is 14.9. The molecule has 4 heterocycles. The van der Waals surface area contributed by atoms with Gasteiger partial charge in [0.05, 0.1) is 36.9 Å². The molecule has 1 aliphatic rings. The van der Waals surface area contributed by atoms with E-state index in [1.54, 1.807) is 6.20 Å². The smallest absolute Gasteiger partial charge is 0.272 e. The molecule has 0 radical (unpaired) electrons. The summed E-state index contributed by atoms with van der Waals surface area (Å²) in [5.41, 5.74) is 2.66. The van der Waals surface area contributed by atoms with Gasteiger partial charge in [-0.25, -0.2) is 4.98 Å². The Morgan fingerprint density at radius 2 is 2.38 bits per heavy atom. The third kappa shape index (κ3) is 2.90. The van der Waals surface area contributed by atoms with E-state index in [1.807, 2.05) is 29.6 Å². The second-order valence-electron chi connectivity index (χ2n) is 6.04. The standard InChI is InChI=1S/C17H19N5O2/c23-17(15-9-18-12-20-15)22-6-7-24-11-13(10-22)8-14-16-2-1-4-21(16)5-3-19-14/h1-5,9,12-13H,6-8,10-11H2,(H,18,20)/t13-/m1/s1. The number of H-pyrrole nitrogens is 1. The van der Waals surface area contributed by atoms with Crippen LogP contribution in [0.4, 0.5) is 0 Å². The van der Waals surface area contributed by atoms with Gasteiger partial charge in [0.2, 0.25) is 0 Å². The van der Waals surface area contributed by atoms with Gasteiger partial charge >= 0.3 is 0 Å². The molecule has 1 atom stereocenters. The highest BCUT2D eigenvalue weighted by molar-refractivity contribution is 5.92. The van der Waals surface area contributed by atoms with E-state index in [0.29, 0.717) is 32.0 Å². The summed E-state index contributed by atoms with van der Waals surface area (Å²) in [5.74, 6) is 0.185. The summed E-state index contributed by atoms with van der Waals surface area (Å²) >= 11 is 0. The van der Waals surface area contributed by atoms with E-state index in [-0.39, 0.29) is 11.8 Å². The first-order valence-corrected chi connectivity index (χ1v) is 8.07. The summed E-state index contributed by atoms with van der Waals surface area (Å²) in [7, 11) is 0. The zero-order chi connectivity index (χ0) is 16.4. The van der Waals surface area contributed by atoms with Crippen molar-refractivity contribution in [2.24, 2.45) is 5.92 Å². The Balaban J connectivity index is 1.52. The third-order valence-corrected chi connectivity index (χ3v) is 4.37. The Hall–Kier alpha value is -2.67. The highest BCUT2D eigenvalue weighted by Crippen LogP contribution is 2.18. The number of aromatic amines is 1. The van der Waals surface area contributed by atoms with Gasteiger partial charge in [-0.1, -0.05) is 0 Å². The normalized spacial score (nSPS) is 18.7. The number of fused-ring (bicyclic) bond motifs is 1. The molecule has 24 heavy (non-hydrogen) atoms. The maximum absolute atomic E-state index is 12.6. The highest BCUT2D eigenvalue weighted by Gasteiger charge is 2.25. The van der Waals surface area contributed by atoms with Crippen molar-refractivity contribution < 1.29 is 9.53 Å². The summed E-state index contributed by atoms with van der Waals surface area (Å²) in [5, 5.41) is 0. The van der Waals surface area contributed by atoms with Crippen molar-refractivity contribution in [1.29, 1.82) is 0 Å². The average Bonchev–Trinajstić information content (AvgIpc) is 3.24. The predicted octanol–water partition coefficient (Wildman–Crippen LogP) is 1.39. The van der Waals surface area contributed by atoms with Gasteiger partial charge in [-0.2, -0.15) is 0 Å². The first-order valence-electron chi connectivity index (χ1n) is 8.07. The fraction of sp³-hybridized carbons (Fsp3) is 0.353. The molecule has 7 heteroatoms. The molecule has 0 aliphatic carbocycles. The lowest BCUT2D eigenvalue weighted by Gasteiger charge is -2.23. The lowest BCUT2D eigenvalue weighted by Crippen LogP contribution is -2.36. The Morgan fingerprint density at radius 3 is 3.25 bits per heavy atom. The summed E-state index contributed by atoms with van der Waals surface area (Å²) < 4.78 is 7.78. The van der Waals surface area contributed by atoms with Gasteiger partial charge in [-0.3, -0.25) is 9.78 Å². The topological polar surface area (TPSA) is 75.5 Å². The van der Waals surface area contributed by atoms with Crippen molar-refractivity contribution in [1.82, 2.24) is 24.3 Å². The maximum Gasteiger partial charge on any atom is 0.272 e. The molecule has 0 bridgehead atoms. The van der Waals surface area contributed by atoms with E-state index in [4.69, 9.17) is 4.74 Å². The van der Waals surface area contributed by atoms with Crippen molar-refractivity contribution in [2.45, 2.75) is 6.42 Å². The fourth-order valence-corrected chi connectivity index (χ4v) is 3.19. The number of rotatable bonds is 3. The van der Waals surface area contributed by atoms with Crippen molar-refractivity contribution >= 4 is 11.4 Å². The van der Waals surface area contributed by atoms with Crippen LogP contribution in [0.3, 0.4) is 0 Å². The van der Waals surface area contributed by atoms with Crippen LogP contribution in [-0.2, 0) is 11.2 Å². The Labute approximate surface area is 139 Å². The summed E-state index contributed by atoms with van der Waals surface area (Å²) in [6.07, 6.45) is 9.63. The molecule has 1 N–H and O–H groups in total. The zero-order valence-corrected chi connectivity index (χ0v) is 13.3. The second kappa shape index (κ2) is 6.45. The van der Waals surface area contributed by atoms with Crippen LogP contribution >= 0.6 is 0 Å².